The molecule has 0 saturated heterocycles. The molecular weight excluding hydrogens is 402 g/mol. The predicted octanol–water partition coefficient (Wildman–Crippen LogP) is 3.81. The number of benzene rings is 3. The third-order valence-electron chi connectivity index (χ3n) is 5.58. The smallest absolute Gasteiger partial charge is 0.323 e. The molecule has 162 valence electrons. The number of aliphatic carboxylic acids is 1. The van der Waals surface area contributed by atoms with Crippen LogP contribution in [0, 0.1) is 0 Å². The van der Waals surface area contributed by atoms with Gasteiger partial charge in [0.05, 0.1) is 6.61 Å². The zero-order chi connectivity index (χ0) is 22.3. The number of nitrogens with one attached hydrogen (secondary N) is 1. The molecule has 0 saturated carbocycles. The lowest BCUT2D eigenvalue weighted by atomic mass is 10.2. The SMILES string of the molecule is CC(C)(C)[Si](OC[C@@H](NCc1ccccc1)C(=O)O)(c1ccccc1)c1ccccc1. The lowest BCUT2D eigenvalue weighted by Gasteiger charge is -2.43. The lowest BCUT2D eigenvalue weighted by molar-refractivity contribution is -0.140. The quantitative estimate of drug-likeness (QED) is 0.504. The van der Waals surface area contributed by atoms with Gasteiger partial charge in [0.25, 0.3) is 8.32 Å². The Bertz CT molecular complexity index is 917. The third-order valence-corrected chi connectivity index (χ3v) is 10.6. The van der Waals surface area contributed by atoms with Gasteiger partial charge in [0.1, 0.15) is 6.04 Å². The van der Waals surface area contributed by atoms with Crippen LogP contribution in [0.5, 0.6) is 0 Å². The van der Waals surface area contributed by atoms with E-state index in [1.807, 2.05) is 66.7 Å². The maximum Gasteiger partial charge on any atom is 0.323 e. The Balaban J connectivity index is 1.93. The van der Waals surface area contributed by atoms with E-state index in [4.69, 9.17) is 4.43 Å². The van der Waals surface area contributed by atoms with Gasteiger partial charge in [0.15, 0.2) is 0 Å². The summed E-state index contributed by atoms with van der Waals surface area (Å²) in [5.41, 5.74) is 1.04. The van der Waals surface area contributed by atoms with E-state index in [1.54, 1.807) is 0 Å². The molecular formula is C26H31NO3Si. The highest BCUT2D eigenvalue weighted by Gasteiger charge is 2.50. The highest BCUT2D eigenvalue weighted by Crippen LogP contribution is 2.36. The van der Waals surface area contributed by atoms with E-state index in [0.29, 0.717) is 6.54 Å². The normalized spacial score (nSPS) is 13.0. The van der Waals surface area contributed by atoms with Crippen LogP contribution in [0.2, 0.25) is 5.04 Å². The number of carboxylic acid groups (broad SMARTS) is 1. The van der Waals surface area contributed by atoms with Crippen LogP contribution in [-0.2, 0) is 15.8 Å². The summed E-state index contributed by atoms with van der Waals surface area (Å²) in [6.07, 6.45) is 0. The molecule has 31 heavy (non-hydrogen) atoms. The standard InChI is InChI=1S/C26H31NO3Si/c1-26(2,3)31(22-15-9-5-10-16-22,23-17-11-6-12-18-23)30-20-24(25(28)29)27-19-21-13-7-4-8-14-21/h4-18,24,27H,19-20H2,1-3H3,(H,28,29)/t24-/m1/s1. The fourth-order valence-corrected chi connectivity index (χ4v) is 8.60. The number of carboxylic acids is 1. The van der Waals surface area contributed by atoms with Crippen LogP contribution in [0.1, 0.15) is 26.3 Å². The lowest BCUT2D eigenvalue weighted by Crippen LogP contribution is -2.67. The van der Waals surface area contributed by atoms with Crippen molar-refractivity contribution in [1.29, 1.82) is 0 Å². The Morgan fingerprint density at radius 1 is 0.871 bits per heavy atom. The van der Waals surface area contributed by atoms with Crippen molar-refractivity contribution in [2.75, 3.05) is 6.61 Å². The second-order valence-corrected chi connectivity index (χ2v) is 13.0. The Labute approximate surface area is 186 Å². The zero-order valence-electron chi connectivity index (χ0n) is 18.4. The van der Waals surface area contributed by atoms with Crippen LogP contribution < -0.4 is 15.7 Å². The average molecular weight is 434 g/mol. The van der Waals surface area contributed by atoms with E-state index < -0.39 is 20.3 Å². The molecule has 0 heterocycles. The van der Waals surface area contributed by atoms with Crippen molar-refractivity contribution in [3.63, 3.8) is 0 Å². The monoisotopic (exact) mass is 433 g/mol. The molecule has 3 rings (SSSR count). The Hall–Kier alpha value is -2.73. The van der Waals surface area contributed by atoms with Gasteiger partial charge >= 0.3 is 5.97 Å². The van der Waals surface area contributed by atoms with Crippen molar-refractivity contribution in [2.45, 2.75) is 38.4 Å². The number of hydrogen-bond acceptors (Lipinski definition) is 3. The fourth-order valence-electron chi connectivity index (χ4n) is 4.02. The van der Waals surface area contributed by atoms with E-state index in [1.165, 1.54) is 0 Å². The second kappa shape index (κ2) is 10.0. The second-order valence-electron chi connectivity index (χ2n) is 8.73. The summed E-state index contributed by atoms with van der Waals surface area (Å²) in [4.78, 5) is 12.0. The van der Waals surface area contributed by atoms with Gasteiger partial charge in [-0.2, -0.15) is 0 Å². The highest BCUT2D eigenvalue weighted by atomic mass is 28.4. The van der Waals surface area contributed by atoms with Crippen molar-refractivity contribution >= 4 is 24.7 Å². The van der Waals surface area contributed by atoms with Crippen LogP contribution in [0.3, 0.4) is 0 Å². The minimum Gasteiger partial charge on any atom is -0.480 e. The summed E-state index contributed by atoms with van der Waals surface area (Å²) in [7, 11) is -2.77. The first-order chi connectivity index (χ1) is 14.8. The molecule has 3 aromatic carbocycles. The largest absolute Gasteiger partial charge is 0.480 e. The predicted molar refractivity (Wildman–Crippen MR) is 128 cm³/mol. The molecule has 0 unspecified atom stereocenters. The summed E-state index contributed by atoms with van der Waals surface area (Å²) in [6, 6.07) is 29.5. The maximum absolute atomic E-state index is 12.0. The molecule has 0 aliphatic heterocycles. The van der Waals surface area contributed by atoms with Crippen LogP contribution in [0.25, 0.3) is 0 Å². The topological polar surface area (TPSA) is 58.6 Å². The van der Waals surface area contributed by atoms with E-state index in [-0.39, 0.29) is 11.6 Å². The summed E-state index contributed by atoms with van der Waals surface area (Å²) >= 11 is 0. The molecule has 5 heteroatoms. The minimum absolute atomic E-state index is 0.0927. The first kappa shape index (κ1) is 22.9. The van der Waals surface area contributed by atoms with Gasteiger partial charge in [0, 0.05) is 6.54 Å². The van der Waals surface area contributed by atoms with Crippen LogP contribution in [-0.4, -0.2) is 32.0 Å². The first-order valence-corrected chi connectivity index (χ1v) is 12.5. The Kier molecular flexibility index (Phi) is 7.44. The minimum atomic E-state index is -2.77. The van der Waals surface area contributed by atoms with E-state index >= 15 is 0 Å². The van der Waals surface area contributed by atoms with Gasteiger partial charge in [-0.25, -0.2) is 0 Å². The number of hydrogen-bond donors (Lipinski definition) is 2. The average Bonchev–Trinajstić information content (AvgIpc) is 2.77. The van der Waals surface area contributed by atoms with Crippen LogP contribution >= 0.6 is 0 Å². The summed E-state index contributed by atoms with van der Waals surface area (Å²) < 4.78 is 6.77. The van der Waals surface area contributed by atoms with Crippen molar-refractivity contribution in [2.24, 2.45) is 0 Å². The van der Waals surface area contributed by atoms with E-state index in [0.717, 1.165) is 15.9 Å². The molecule has 3 aromatic rings. The molecule has 0 aliphatic rings. The molecule has 0 bridgehead atoms. The molecule has 4 nitrogen and oxygen atoms in total. The maximum atomic E-state index is 12.0. The molecule has 2 N–H and O–H groups in total. The fraction of sp³-hybridized carbons (Fsp3) is 0.269. The summed E-state index contributed by atoms with van der Waals surface area (Å²) in [5.74, 6) is -0.908. The molecule has 0 radical (unpaired) electrons. The summed E-state index contributed by atoms with van der Waals surface area (Å²) in [5, 5.41) is 15.1. The number of carbonyl (C=O) groups is 1. The van der Waals surface area contributed by atoms with E-state index in [2.05, 4.69) is 50.4 Å². The van der Waals surface area contributed by atoms with Gasteiger partial charge in [-0.15, -0.1) is 0 Å². The van der Waals surface area contributed by atoms with Gasteiger partial charge in [-0.3, -0.25) is 10.1 Å². The van der Waals surface area contributed by atoms with Crippen molar-refractivity contribution in [1.82, 2.24) is 5.32 Å². The van der Waals surface area contributed by atoms with Gasteiger partial charge in [-0.1, -0.05) is 112 Å². The summed E-state index contributed by atoms with van der Waals surface area (Å²) in [6.45, 7) is 7.13. The molecule has 0 amide bonds. The number of rotatable bonds is 9. The van der Waals surface area contributed by atoms with Crippen molar-refractivity contribution in [3.05, 3.63) is 96.6 Å². The molecule has 0 aliphatic carbocycles. The Morgan fingerprint density at radius 2 is 1.32 bits per heavy atom. The molecule has 0 aromatic heterocycles. The third kappa shape index (κ3) is 5.31. The Morgan fingerprint density at radius 3 is 1.74 bits per heavy atom. The van der Waals surface area contributed by atoms with Gasteiger partial charge in [0.2, 0.25) is 0 Å². The van der Waals surface area contributed by atoms with Crippen LogP contribution in [0.15, 0.2) is 91.0 Å². The zero-order valence-corrected chi connectivity index (χ0v) is 19.4. The molecule has 0 spiro atoms. The molecule has 0 fully saturated rings. The van der Waals surface area contributed by atoms with Gasteiger partial charge < -0.3 is 9.53 Å². The highest BCUT2D eigenvalue weighted by molar-refractivity contribution is 6.99. The van der Waals surface area contributed by atoms with Crippen molar-refractivity contribution < 1.29 is 14.3 Å². The van der Waals surface area contributed by atoms with Gasteiger partial charge in [-0.05, 0) is 21.0 Å². The van der Waals surface area contributed by atoms with E-state index in [9.17, 15) is 9.90 Å². The first-order valence-electron chi connectivity index (χ1n) is 10.6. The van der Waals surface area contributed by atoms with Crippen LogP contribution in [0.4, 0.5) is 0 Å². The van der Waals surface area contributed by atoms with Crippen molar-refractivity contribution in [3.8, 4) is 0 Å². The molecule has 1 atom stereocenters.